The molecule has 3 aliphatic heterocycles. The van der Waals surface area contributed by atoms with Gasteiger partial charge in [0.2, 0.25) is 6.79 Å². The van der Waals surface area contributed by atoms with Crippen molar-refractivity contribution >= 4 is 0 Å². The zero-order valence-electron chi connectivity index (χ0n) is 14.6. The van der Waals surface area contributed by atoms with Crippen LogP contribution in [0.5, 0.6) is 11.5 Å². The van der Waals surface area contributed by atoms with Gasteiger partial charge in [0.15, 0.2) is 11.5 Å². The minimum Gasteiger partial charge on any atom is -0.454 e. The van der Waals surface area contributed by atoms with Crippen LogP contribution in [-0.4, -0.2) is 66.1 Å². The number of fused-ring (bicyclic) bond motifs is 2. The fourth-order valence-electron chi connectivity index (χ4n) is 4.47. The molecule has 3 aliphatic rings. The van der Waals surface area contributed by atoms with Crippen LogP contribution < -0.4 is 9.47 Å². The SMILES string of the molecule is C[C@H](Cc1ccc2c(c1)OCO2)CN1C[C@H]2C[C@@H](O)CN2C[C@H]1C. The number of benzene rings is 1. The molecule has 5 nitrogen and oxygen atoms in total. The molecule has 4 atom stereocenters. The first-order chi connectivity index (χ1) is 11.6. The van der Waals surface area contributed by atoms with E-state index in [0.717, 1.165) is 50.5 Å². The van der Waals surface area contributed by atoms with Crippen molar-refractivity contribution in [2.45, 2.75) is 44.9 Å². The van der Waals surface area contributed by atoms with Crippen molar-refractivity contribution < 1.29 is 14.6 Å². The van der Waals surface area contributed by atoms with Gasteiger partial charge in [-0.1, -0.05) is 13.0 Å². The first-order valence-electron chi connectivity index (χ1n) is 9.13. The van der Waals surface area contributed by atoms with Gasteiger partial charge in [0.25, 0.3) is 0 Å². The average Bonchev–Trinajstić information content (AvgIpc) is 3.12. The van der Waals surface area contributed by atoms with Crippen molar-refractivity contribution in [2.75, 3.05) is 33.0 Å². The molecule has 0 aromatic heterocycles. The molecule has 0 radical (unpaired) electrons. The molecule has 0 saturated carbocycles. The molecule has 0 spiro atoms. The third kappa shape index (κ3) is 3.25. The summed E-state index contributed by atoms with van der Waals surface area (Å²) in [5.41, 5.74) is 1.31. The van der Waals surface area contributed by atoms with Gasteiger partial charge < -0.3 is 14.6 Å². The molecule has 4 rings (SSSR count). The van der Waals surface area contributed by atoms with Gasteiger partial charge in [-0.2, -0.15) is 0 Å². The number of aliphatic hydroxyl groups is 1. The highest BCUT2D eigenvalue weighted by Crippen LogP contribution is 2.33. The molecule has 24 heavy (non-hydrogen) atoms. The van der Waals surface area contributed by atoms with E-state index in [-0.39, 0.29) is 6.10 Å². The first-order valence-corrected chi connectivity index (χ1v) is 9.13. The van der Waals surface area contributed by atoms with Crippen LogP contribution in [0.2, 0.25) is 0 Å². The lowest BCUT2D eigenvalue weighted by Gasteiger charge is -2.43. The maximum absolute atomic E-state index is 9.90. The summed E-state index contributed by atoms with van der Waals surface area (Å²) >= 11 is 0. The van der Waals surface area contributed by atoms with Gasteiger partial charge in [-0.25, -0.2) is 0 Å². The number of ether oxygens (including phenoxy) is 2. The molecule has 1 aromatic rings. The lowest BCUT2D eigenvalue weighted by atomic mass is 9.98. The molecule has 0 aliphatic carbocycles. The van der Waals surface area contributed by atoms with E-state index in [4.69, 9.17) is 9.47 Å². The highest BCUT2D eigenvalue weighted by molar-refractivity contribution is 5.44. The van der Waals surface area contributed by atoms with E-state index < -0.39 is 0 Å². The van der Waals surface area contributed by atoms with Crippen LogP contribution in [0.3, 0.4) is 0 Å². The number of piperazine rings is 1. The molecule has 2 fully saturated rings. The molecule has 0 amide bonds. The molecule has 3 heterocycles. The summed E-state index contributed by atoms with van der Waals surface area (Å²) in [6.07, 6.45) is 1.85. The van der Waals surface area contributed by atoms with Crippen LogP contribution in [0, 0.1) is 5.92 Å². The van der Waals surface area contributed by atoms with Gasteiger partial charge in [0.05, 0.1) is 6.10 Å². The fourth-order valence-corrected chi connectivity index (χ4v) is 4.47. The van der Waals surface area contributed by atoms with E-state index in [9.17, 15) is 5.11 Å². The van der Waals surface area contributed by atoms with E-state index in [2.05, 4.69) is 35.8 Å². The highest BCUT2D eigenvalue weighted by atomic mass is 16.7. The topological polar surface area (TPSA) is 45.2 Å². The van der Waals surface area contributed by atoms with E-state index in [0.29, 0.717) is 24.8 Å². The molecule has 1 N–H and O–H groups in total. The van der Waals surface area contributed by atoms with Gasteiger partial charge in [0.1, 0.15) is 0 Å². The van der Waals surface area contributed by atoms with Crippen molar-refractivity contribution in [2.24, 2.45) is 5.92 Å². The van der Waals surface area contributed by atoms with Crippen LogP contribution in [0.15, 0.2) is 18.2 Å². The second kappa shape index (κ2) is 6.54. The third-order valence-electron chi connectivity index (χ3n) is 5.64. The summed E-state index contributed by atoms with van der Waals surface area (Å²) in [4.78, 5) is 5.07. The van der Waals surface area contributed by atoms with Crippen molar-refractivity contribution in [3.05, 3.63) is 23.8 Å². The molecule has 0 bridgehead atoms. The Morgan fingerprint density at radius 1 is 1.21 bits per heavy atom. The normalized spacial score (nSPS) is 31.2. The Morgan fingerprint density at radius 3 is 2.92 bits per heavy atom. The van der Waals surface area contributed by atoms with E-state index >= 15 is 0 Å². The second-order valence-electron chi connectivity index (χ2n) is 7.80. The van der Waals surface area contributed by atoms with Crippen molar-refractivity contribution in [1.82, 2.24) is 9.80 Å². The number of hydrogen-bond acceptors (Lipinski definition) is 5. The second-order valence-corrected chi connectivity index (χ2v) is 7.80. The van der Waals surface area contributed by atoms with Gasteiger partial charge in [-0.3, -0.25) is 9.80 Å². The number of hydrogen-bond donors (Lipinski definition) is 1. The highest BCUT2D eigenvalue weighted by Gasteiger charge is 2.38. The summed E-state index contributed by atoms with van der Waals surface area (Å²) in [6, 6.07) is 7.39. The number of aliphatic hydroxyl groups excluding tert-OH is 1. The van der Waals surface area contributed by atoms with Crippen molar-refractivity contribution in [3.8, 4) is 11.5 Å². The standard InChI is InChI=1S/C19H28N2O3/c1-13(5-15-3-4-18-19(6-15)24-12-23-18)8-20-10-16-7-17(22)11-21(16)9-14(20)2/h3-4,6,13-14,16-17,22H,5,7-12H2,1-2H3/t13-,14-,16-,17-/m1/s1. The largest absolute Gasteiger partial charge is 0.454 e. The number of nitrogens with zero attached hydrogens (tertiary/aromatic N) is 2. The molecular formula is C19H28N2O3. The Bertz CT molecular complexity index is 594. The quantitative estimate of drug-likeness (QED) is 0.910. The lowest BCUT2D eigenvalue weighted by Crippen LogP contribution is -2.55. The Hall–Kier alpha value is -1.30. The summed E-state index contributed by atoms with van der Waals surface area (Å²) in [6.45, 7) is 9.11. The summed E-state index contributed by atoms with van der Waals surface area (Å²) in [5.74, 6) is 2.32. The van der Waals surface area contributed by atoms with Gasteiger partial charge in [-0.05, 0) is 43.4 Å². The van der Waals surface area contributed by atoms with Gasteiger partial charge >= 0.3 is 0 Å². The Balaban J connectivity index is 1.35. The van der Waals surface area contributed by atoms with Crippen LogP contribution in [0.4, 0.5) is 0 Å². The molecule has 1 aromatic carbocycles. The lowest BCUT2D eigenvalue weighted by molar-refractivity contribution is 0.0488. The Labute approximate surface area is 144 Å². The maximum Gasteiger partial charge on any atom is 0.231 e. The summed E-state index contributed by atoms with van der Waals surface area (Å²) < 4.78 is 10.9. The van der Waals surface area contributed by atoms with Crippen LogP contribution in [0.25, 0.3) is 0 Å². The summed E-state index contributed by atoms with van der Waals surface area (Å²) in [7, 11) is 0. The predicted molar refractivity (Wildman–Crippen MR) is 92.5 cm³/mol. The van der Waals surface area contributed by atoms with Crippen molar-refractivity contribution in [3.63, 3.8) is 0 Å². The molecular weight excluding hydrogens is 304 g/mol. The Kier molecular flexibility index (Phi) is 4.41. The van der Waals surface area contributed by atoms with Crippen molar-refractivity contribution in [1.29, 1.82) is 0 Å². The smallest absolute Gasteiger partial charge is 0.231 e. The van der Waals surface area contributed by atoms with E-state index in [1.807, 2.05) is 6.07 Å². The Morgan fingerprint density at radius 2 is 2.04 bits per heavy atom. The van der Waals surface area contributed by atoms with Crippen LogP contribution >= 0.6 is 0 Å². The molecule has 5 heteroatoms. The summed E-state index contributed by atoms with van der Waals surface area (Å²) in [5, 5.41) is 9.90. The van der Waals surface area contributed by atoms with E-state index in [1.165, 1.54) is 5.56 Å². The van der Waals surface area contributed by atoms with Crippen LogP contribution in [0.1, 0.15) is 25.8 Å². The molecule has 0 unspecified atom stereocenters. The monoisotopic (exact) mass is 332 g/mol. The van der Waals surface area contributed by atoms with Crippen LogP contribution in [-0.2, 0) is 6.42 Å². The fraction of sp³-hybridized carbons (Fsp3) is 0.684. The average molecular weight is 332 g/mol. The first kappa shape index (κ1) is 16.2. The van der Waals surface area contributed by atoms with Gasteiger partial charge in [0, 0.05) is 38.3 Å². The maximum atomic E-state index is 9.90. The minimum absolute atomic E-state index is 0.131. The zero-order chi connectivity index (χ0) is 16.7. The molecule has 132 valence electrons. The molecule has 2 saturated heterocycles. The third-order valence-corrected chi connectivity index (χ3v) is 5.64. The van der Waals surface area contributed by atoms with E-state index in [1.54, 1.807) is 0 Å². The van der Waals surface area contributed by atoms with Gasteiger partial charge in [-0.15, -0.1) is 0 Å². The zero-order valence-corrected chi connectivity index (χ0v) is 14.6. The number of rotatable bonds is 4. The predicted octanol–water partition coefficient (Wildman–Crippen LogP) is 1.73. The minimum atomic E-state index is -0.131.